The van der Waals surface area contributed by atoms with Gasteiger partial charge >= 0.3 is 0 Å². The number of nitrogens with one attached hydrogen (secondary N) is 1. The summed E-state index contributed by atoms with van der Waals surface area (Å²) >= 11 is 0. The average molecular weight is 281 g/mol. The van der Waals surface area contributed by atoms with Crippen LogP contribution in [0.15, 0.2) is 24.3 Å². The van der Waals surface area contributed by atoms with Gasteiger partial charge in [-0.3, -0.25) is 4.79 Å². The van der Waals surface area contributed by atoms with Crippen LogP contribution in [0.5, 0.6) is 0 Å². The summed E-state index contributed by atoms with van der Waals surface area (Å²) < 4.78 is 22.7. The quantitative estimate of drug-likeness (QED) is 0.918. The minimum atomic E-state index is -2.91. The van der Waals surface area contributed by atoms with Crippen LogP contribution in [0.1, 0.15) is 25.3 Å². The van der Waals surface area contributed by atoms with Crippen LogP contribution in [0.25, 0.3) is 0 Å². The van der Waals surface area contributed by atoms with Gasteiger partial charge in [0.15, 0.2) is 9.84 Å². The lowest BCUT2D eigenvalue weighted by molar-refractivity contribution is -0.116. The van der Waals surface area contributed by atoms with Gasteiger partial charge < -0.3 is 5.32 Å². The second-order valence-electron chi connectivity index (χ2n) is 5.03. The van der Waals surface area contributed by atoms with Gasteiger partial charge in [-0.2, -0.15) is 0 Å². The van der Waals surface area contributed by atoms with E-state index in [1.807, 2.05) is 31.2 Å². The Balaban J connectivity index is 1.95. The average Bonchev–Trinajstić information content (AvgIpc) is 2.69. The van der Waals surface area contributed by atoms with Crippen molar-refractivity contribution in [2.45, 2.75) is 26.2 Å². The smallest absolute Gasteiger partial charge is 0.224 e. The van der Waals surface area contributed by atoms with E-state index in [1.54, 1.807) is 0 Å². The van der Waals surface area contributed by atoms with Crippen LogP contribution in [0.3, 0.4) is 0 Å². The third-order valence-corrected chi connectivity index (χ3v) is 5.31. The Bertz CT molecular complexity index is 566. The van der Waals surface area contributed by atoms with Crippen LogP contribution in [0, 0.1) is 5.92 Å². The fourth-order valence-electron chi connectivity index (χ4n) is 2.45. The van der Waals surface area contributed by atoms with E-state index in [2.05, 4.69) is 5.32 Å². The minimum absolute atomic E-state index is 0.0289. The standard InChI is InChI=1S/C14H19NO3S/c1-2-12-5-3-4-6-13(12)15-14(16)9-11-7-8-19(17,18)10-11/h3-6,11H,2,7-10H2,1H3,(H,15,16)/t11-/m1/s1. The van der Waals surface area contributed by atoms with Crippen molar-refractivity contribution in [3.8, 4) is 0 Å². The Kier molecular flexibility index (Phi) is 4.24. The van der Waals surface area contributed by atoms with E-state index in [0.29, 0.717) is 6.42 Å². The third-order valence-electron chi connectivity index (χ3n) is 3.47. The van der Waals surface area contributed by atoms with Gasteiger partial charge in [0, 0.05) is 12.1 Å². The zero-order valence-electron chi connectivity index (χ0n) is 11.1. The summed E-state index contributed by atoms with van der Waals surface area (Å²) in [6.07, 6.45) is 1.75. The molecule has 19 heavy (non-hydrogen) atoms. The van der Waals surface area contributed by atoms with E-state index < -0.39 is 9.84 Å². The van der Waals surface area contributed by atoms with Crippen LogP contribution in [-0.4, -0.2) is 25.8 Å². The molecule has 1 amide bonds. The topological polar surface area (TPSA) is 63.2 Å². The van der Waals surface area contributed by atoms with Crippen molar-refractivity contribution in [3.05, 3.63) is 29.8 Å². The molecular weight excluding hydrogens is 262 g/mol. The van der Waals surface area contributed by atoms with Crippen LogP contribution in [0.4, 0.5) is 5.69 Å². The Hall–Kier alpha value is -1.36. The highest BCUT2D eigenvalue weighted by Gasteiger charge is 2.29. The minimum Gasteiger partial charge on any atom is -0.326 e. The number of rotatable bonds is 4. The summed E-state index contributed by atoms with van der Waals surface area (Å²) in [7, 11) is -2.91. The van der Waals surface area contributed by atoms with Crippen molar-refractivity contribution in [3.63, 3.8) is 0 Å². The van der Waals surface area contributed by atoms with Crippen LogP contribution >= 0.6 is 0 Å². The van der Waals surface area contributed by atoms with Crippen LogP contribution in [-0.2, 0) is 21.1 Å². The molecule has 5 heteroatoms. The number of benzene rings is 1. The fourth-order valence-corrected chi connectivity index (χ4v) is 4.31. The molecule has 1 fully saturated rings. The lowest BCUT2D eigenvalue weighted by atomic mass is 10.0. The predicted molar refractivity (Wildman–Crippen MR) is 75.8 cm³/mol. The number of sulfone groups is 1. The molecule has 1 atom stereocenters. The highest BCUT2D eigenvalue weighted by molar-refractivity contribution is 7.91. The molecule has 0 bridgehead atoms. The number of hydrogen-bond acceptors (Lipinski definition) is 3. The van der Waals surface area contributed by atoms with E-state index in [4.69, 9.17) is 0 Å². The van der Waals surface area contributed by atoms with Gasteiger partial charge in [0.2, 0.25) is 5.91 Å². The number of aryl methyl sites for hydroxylation is 1. The normalized spacial score (nSPS) is 21.2. The van der Waals surface area contributed by atoms with E-state index in [0.717, 1.165) is 17.7 Å². The largest absolute Gasteiger partial charge is 0.326 e. The Labute approximate surface area is 114 Å². The second-order valence-corrected chi connectivity index (χ2v) is 7.26. The van der Waals surface area contributed by atoms with Crippen molar-refractivity contribution < 1.29 is 13.2 Å². The van der Waals surface area contributed by atoms with Crippen molar-refractivity contribution in [2.75, 3.05) is 16.8 Å². The molecule has 1 aromatic rings. The molecule has 1 aliphatic rings. The van der Waals surface area contributed by atoms with Gasteiger partial charge in [0.1, 0.15) is 0 Å². The molecule has 4 nitrogen and oxygen atoms in total. The van der Waals surface area contributed by atoms with Crippen LogP contribution < -0.4 is 5.32 Å². The summed E-state index contributed by atoms with van der Waals surface area (Å²) in [5, 5.41) is 2.88. The molecule has 0 aliphatic carbocycles. The molecule has 1 saturated heterocycles. The first kappa shape index (κ1) is 14.1. The molecule has 1 aromatic carbocycles. The molecule has 1 aliphatic heterocycles. The van der Waals surface area contributed by atoms with E-state index >= 15 is 0 Å². The molecule has 104 valence electrons. The van der Waals surface area contributed by atoms with Crippen molar-refractivity contribution in [1.29, 1.82) is 0 Å². The molecule has 0 spiro atoms. The summed E-state index contributed by atoms with van der Waals surface area (Å²) in [5.74, 6) is 0.244. The number of para-hydroxylation sites is 1. The van der Waals surface area contributed by atoms with Crippen LogP contribution in [0.2, 0.25) is 0 Å². The zero-order valence-corrected chi connectivity index (χ0v) is 11.9. The maximum absolute atomic E-state index is 11.9. The highest BCUT2D eigenvalue weighted by Crippen LogP contribution is 2.23. The lowest BCUT2D eigenvalue weighted by Gasteiger charge is -2.11. The van der Waals surface area contributed by atoms with Gasteiger partial charge in [-0.25, -0.2) is 8.42 Å². The molecule has 1 N–H and O–H groups in total. The maximum Gasteiger partial charge on any atom is 0.224 e. The number of anilines is 1. The first-order chi connectivity index (χ1) is 9.00. The van der Waals surface area contributed by atoms with Crippen molar-refractivity contribution >= 4 is 21.4 Å². The first-order valence-electron chi connectivity index (χ1n) is 6.58. The monoisotopic (exact) mass is 281 g/mol. The maximum atomic E-state index is 11.9. The molecular formula is C14H19NO3S. The predicted octanol–water partition coefficient (Wildman–Crippen LogP) is 2.01. The van der Waals surface area contributed by atoms with Gasteiger partial charge in [-0.1, -0.05) is 25.1 Å². The van der Waals surface area contributed by atoms with Gasteiger partial charge in [-0.15, -0.1) is 0 Å². The van der Waals surface area contributed by atoms with E-state index in [-0.39, 0.29) is 29.8 Å². The van der Waals surface area contributed by atoms with E-state index in [9.17, 15) is 13.2 Å². The Morgan fingerprint density at radius 1 is 1.37 bits per heavy atom. The highest BCUT2D eigenvalue weighted by atomic mass is 32.2. The zero-order chi connectivity index (χ0) is 13.9. The molecule has 0 aromatic heterocycles. The molecule has 1 heterocycles. The number of carbonyl (C=O) groups is 1. The lowest BCUT2D eigenvalue weighted by Crippen LogP contribution is -2.18. The molecule has 2 rings (SSSR count). The fraction of sp³-hybridized carbons (Fsp3) is 0.500. The van der Waals surface area contributed by atoms with E-state index in [1.165, 1.54) is 0 Å². The third kappa shape index (κ3) is 3.80. The molecule has 0 radical (unpaired) electrons. The van der Waals surface area contributed by atoms with Gasteiger partial charge in [0.25, 0.3) is 0 Å². The molecule has 0 unspecified atom stereocenters. The van der Waals surface area contributed by atoms with Crippen molar-refractivity contribution in [2.24, 2.45) is 5.92 Å². The van der Waals surface area contributed by atoms with Gasteiger partial charge in [0.05, 0.1) is 11.5 Å². The summed E-state index contributed by atoms with van der Waals surface area (Å²) in [6, 6.07) is 7.69. The van der Waals surface area contributed by atoms with Crippen molar-refractivity contribution in [1.82, 2.24) is 0 Å². The second kappa shape index (κ2) is 5.74. The molecule has 0 saturated carbocycles. The number of hydrogen-bond donors (Lipinski definition) is 1. The summed E-state index contributed by atoms with van der Waals surface area (Å²) in [6.45, 7) is 2.04. The Morgan fingerprint density at radius 3 is 2.74 bits per heavy atom. The number of amides is 1. The SMILES string of the molecule is CCc1ccccc1NC(=O)C[C@H]1CCS(=O)(=O)C1. The summed E-state index contributed by atoms with van der Waals surface area (Å²) in [5.41, 5.74) is 1.92. The first-order valence-corrected chi connectivity index (χ1v) is 8.40. The summed E-state index contributed by atoms with van der Waals surface area (Å²) in [4.78, 5) is 11.9. The number of carbonyl (C=O) groups excluding carboxylic acids is 1. The van der Waals surface area contributed by atoms with Gasteiger partial charge in [-0.05, 0) is 30.4 Å². The Morgan fingerprint density at radius 2 is 2.11 bits per heavy atom.